The third kappa shape index (κ3) is 6.14. The van der Waals surface area contributed by atoms with Crippen molar-refractivity contribution < 1.29 is 22.7 Å². The highest BCUT2D eigenvalue weighted by molar-refractivity contribution is 5.77. The molecule has 2 aliphatic rings. The number of para-hydroxylation sites is 1. The van der Waals surface area contributed by atoms with Crippen LogP contribution >= 0.6 is 0 Å². The third-order valence-electron chi connectivity index (χ3n) is 6.58. The second kappa shape index (κ2) is 10.5. The van der Waals surface area contributed by atoms with Gasteiger partial charge in [-0.15, -0.1) is 0 Å². The zero-order valence-corrected chi connectivity index (χ0v) is 19.1. The molecule has 6 nitrogen and oxygen atoms in total. The van der Waals surface area contributed by atoms with Crippen LogP contribution in [-0.2, 0) is 15.7 Å². The molecule has 0 radical (unpaired) electrons. The summed E-state index contributed by atoms with van der Waals surface area (Å²) < 4.78 is 45.9. The smallest absolute Gasteiger partial charge is 0.399 e. The molecule has 2 aromatic carbocycles. The Balaban J connectivity index is 1.19. The summed E-state index contributed by atoms with van der Waals surface area (Å²) in [5, 5.41) is 3.03. The van der Waals surface area contributed by atoms with Crippen molar-refractivity contribution >= 4 is 23.0 Å². The van der Waals surface area contributed by atoms with Gasteiger partial charge < -0.3 is 25.6 Å². The number of rotatable bonds is 6. The number of nitrogens with two attached hydrogens (primary N) is 1. The van der Waals surface area contributed by atoms with Gasteiger partial charge in [0.15, 0.2) is 0 Å². The molecule has 2 fully saturated rings. The summed E-state index contributed by atoms with van der Waals surface area (Å²) in [6.07, 6.45) is -1.77. The molecule has 0 spiro atoms. The van der Waals surface area contributed by atoms with Gasteiger partial charge in [0, 0.05) is 49.3 Å². The maximum atomic E-state index is 13.3. The Labute approximate surface area is 197 Å². The van der Waals surface area contributed by atoms with Gasteiger partial charge in [-0.25, -0.2) is 0 Å². The molecule has 1 heterocycles. The first-order chi connectivity index (χ1) is 16.3. The molecule has 1 saturated carbocycles. The number of halogens is 3. The van der Waals surface area contributed by atoms with Crippen molar-refractivity contribution in [2.75, 3.05) is 48.7 Å². The Kier molecular flexibility index (Phi) is 7.50. The summed E-state index contributed by atoms with van der Waals surface area (Å²) >= 11 is 0. The van der Waals surface area contributed by atoms with Crippen molar-refractivity contribution in [3.05, 3.63) is 54.1 Å². The van der Waals surface area contributed by atoms with Crippen LogP contribution in [0.15, 0.2) is 48.5 Å². The second-order valence-electron chi connectivity index (χ2n) is 8.94. The average Bonchev–Trinajstić information content (AvgIpc) is 2.84. The number of piperazine rings is 1. The fraction of sp³-hybridized carbons (Fsp3) is 0.480. The lowest BCUT2D eigenvalue weighted by molar-refractivity contribution is -0.139. The minimum absolute atomic E-state index is 0.00958. The Morgan fingerprint density at radius 3 is 2.32 bits per heavy atom. The number of alkyl halides is 3. The Morgan fingerprint density at radius 2 is 1.68 bits per heavy atom. The zero-order chi connectivity index (χ0) is 24.1. The maximum absolute atomic E-state index is 13.3. The summed E-state index contributed by atoms with van der Waals surface area (Å²) in [6.45, 7) is 2.95. The normalized spacial score (nSPS) is 21.4. The van der Waals surface area contributed by atoms with Crippen molar-refractivity contribution in [1.29, 1.82) is 0 Å². The highest BCUT2D eigenvalue weighted by Gasteiger charge is 2.34. The number of hydrogen-bond acceptors (Lipinski definition) is 5. The van der Waals surface area contributed by atoms with E-state index < -0.39 is 11.7 Å². The fourth-order valence-electron chi connectivity index (χ4n) is 4.65. The van der Waals surface area contributed by atoms with Crippen LogP contribution in [0.5, 0.6) is 0 Å². The van der Waals surface area contributed by atoms with E-state index in [9.17, 15) is 18.0 Å². The molecule has 3 N–H and O–H groups in total. The second-order valence-corrected chi connectivity index (χ2v) is 8.94. The van der Waals surface area contributed by atoms with E-state index in [1.807, 2.05) is 23.1 Å². The maximum Gasteiger partial charge on any atom is 0.418 e. The van der Waals surface area contributed by atoms with Crippen molar-refractivity contribution in [3.8, 4) is 0 Å². The van der Waals surface area contributed by atoms with E-state index in [4.69, 9.17) is 10.5 Å². The number of nitrogen functional groups attached to an aromatic ring is 1. The van der Waals surface area contributed by atoms with Gasteiger partial charge in [0.25, 0.3) is 0 Å². The molecule has 4 rings (SSSR count). The molecular formula is C25H31F3N4O2. The summed E-state index contributed by atoms with van der Waals surface area (Å²) in [6, 6.07) is 13.9. The highest BCUT2D eigenvalue weighted by atomic mass is 19.4. The molecule has 0 atom stereocenters. The molecule has 0 unspecified atom stereocenters. The molecule has 9 heteroatoms. The standard InChI is InChI=1S/C25H31F3N4O2/c26-25(27,28)22-16-18(29)6-11-23(22)30-19-7-9-21(10-8-19)34-17-24(33)32-14-12-31(13-15-32)20-4-2-1-3-5-20/h1-6,11,16,19,21,30H,7-10,12-15,17,29H2. The molecular weight excluding hydrogens is 445 g/mol. The van der Waals surface area contributed by atoms with Crippen LogP contribution in [0.4, 0.5) is 30.2 Å². The number of anilines is 3. The summed E-state index contributed by atoms with van der Waals surface area (Å²) in [4.78, 5) is 16.7. The quantitative estimate of drug-likeness (QED) is 0.606. The Hall–Kier alpha value is -2.94. The topological polar surface area (TPSA) is 70.8 Å². The van der Waals surface area contributed by atoms with Crippen molar-refractivity contribution in [3.63, 3.8) is 0 Å². The first-order valence-electron chi connectivity index (χ1n) is 11.7. The lowest BCUT2D eigenvalue weighted by atomic mass is 9.92. The van der Waals surface area contributed by atoms with Gasteiger partial charge in [-0.05, 0) is 56.0 Å². The summed E-state index contributed by atoms with van der Waals surface area (Å²) in [5.41, 5.74) is 6.10. The fourth-order valence-corrected chi connectivity index (χ4v) is 4.65. The minimum Gasteiger partial charge on any atom is -0.399 e. The number of nitrogens with one attached hydrogen (secondary N) is 1. The van der Waals surface area contributed by atoms with E-state index in [0.29, 0.717) is 38.8 Å². The number of amides is 1. The predicted octanol–water partition coefficient (Wildman–Crippen LogP) is 4.38. The van der Waals surface area contributed by atoms with Crippen LogP contribution in [0.2, 0.25) is 0 Å². The highest BCUT2D eigenvalue weighted by Crippen LogP contribution is 2.37. The van der Waals surface area contributed by atoms with Gasteiger partial charge in [-0.2, -0.15) is 13.2 Å². The molecule has 1 aliphatic carbocycles. The largest absolute Gasteiger partial charge is 0.418 e. The molecule has 184 valence electrons. The van der Waals surface area contributed by atoms with Crippen LogP contribution < -0.4 is 16.0 Å². The van der Waals surface area contributed by atoms with Crippen LogP contribution in [0.1, 0.15) is 31.2 Å². The Bertz CT molecular complexity index is 954. The van der Waals surface area contributed by atoms with E-state index in [0.717, 1.165) is 24.8 Å². The molecule has 34 heavy (non-hydrogen) atoms. The molecule has 1 amide bonds. The van der Waals surface area contributed by atoms with Crippen molar-refractivity contribution in [1.82, 2.24) is 4.90 Å². The van der Waals surface area contributed by atoms with Gasteiger partial charge in [0.2, 0.25) is 5.91 Å². The zero-order valence-electron chi connectivity index (χ0n) is 19.1. The number of benzene rings is 2. The summed E-state index contributed by atoms with van der Waals surface area (Å²) in [7, 11) is 0. The van der Waals surface area contributed by atoms with Gasteiger partial charge in [-0.1, -0.05) is 18.2 Å². The van der Waals surface area contributed by atoms with E-state index in [-0.39, 0.29) is 36.0 Å². The van der Waals surface area contributed by atoms with Crippen LogP contribution in [0.3, 0.4) is 0 Å². The number of carbonyl (C=O) groups is 1. The monoisotopic (exact) mass is 476 g/mol. The van der Waals surface area contributed by atoms with E-state index in [1.54, 1.807) is 0 Å². The lowest BCUT2D eigenvalue weighted by Crippen LogP contribution is -2.50. The molecule has 0 aromatic heterocycles. The average molecular weight is 477 g/mol. The summed E-state index contributed by atoms with van der Waals surface area (Å²) in [5.74, 6) is -0.00958. The first-order valence-corrected chi connectivity index (χ1v) is 11.7. The molecule has 1 saturated heterocycles. The van der Waals surface area contributed by atoms with E-state index in [1.165, 1.54) is 12.1 Å². The Morgan fingerprint density at radius 1 is 1.00 bits per heavy atom. The van der Waals surface area contributed by atoms with Crippen LogP contribution in [0.25, 0.3) is 0 Å². The number of hydrogen-bond donors (Lipinski definition) is 2. The predicted molar refractivity (Wildman–Crippen MR) is 127 cm³/mol. The van der Waals surface area contributed by atoms with Crippen molar-refractivity contribution in [2.24, 2.45) is 0 Å². The molecule has 0 bridgehead atoms. The number of ether oxygens (including phenoxy) is 1. The molecule has 1 aliphatic heterocycles. The van der Waals surface area contributed by atoms with Gasteiger partial charge >= 0.3 is 6.18 Å². The third-order valence-corrected chi connectivity index (χ3v) is 6.58. The van der Waals surface area contributed by atoms with Gasteiger partial charge in [-0.3, -0.25) is 4.79 Å². The SMILES string of the molecule is Nc1ccc(NC2CCC(OCC(=O)N3CCN(c4ccccc4)CC3)CC2)c(C(F)(F)F)c1. The minimum atomic E-state index is -4.47. The van der Waals surface area contributed by atoms with Crippen LogP contribution in [-0.4, -0.2) is 55.7 Å². The first kappa shape index (κ1) is 24.2. The molecule has 2 aromatic rings. The number of carbonyl (C=O) groups excluding carboxylic acids is 1. The van der Waals surface area contributed by atoms with E-state index in [2.05, 4.69) is 22.3 Å². The van der Waals surface area contributed by atoms with Crippen molar-refractivity contribution in [2.45, 2.75) is 44.0 Å². The number of nitrogens with zero attached hydrogens (tertiary/aromatic N) is 2. The van der Waals surface area contributed by atoms with Gasteiger partial charge in [0.05, 0.1) is 11.7 Å². The van der Waals surface area contributed by atoms with E-state index >= 15 is 0 Å². The van der Waals surface area contributed by atoms with Gasteiger partial charge in [0.1, 0.15) is 6.61 Å². The lowest BCUT2D eigenvalue weighted by Gasteiger charge is -2.36. The van der Waals surface area contributed by atoms with Crippen LogP contribution in [0, 0.1) is 0 Å².